The Kier molecular flexibility index (Phi) is 5.98. The van der Waals surface area contributed by atoms with Crippen LogP contribution in [-0.2, 0) is 4.79 Å². The Morgan fingerprint density at radius 1 is 0.919 bits per heavy atom. The molecule has 0 radical (unpaired) electrons. The van der Waals surface area contributed by atoms with E-state index in [4.69, 9.17) is 0 Å². The number of likely N-dealkylation sites (tertiary alicyclic amines) is 2. The number of carbonyl (C=O) groups is 4. The van der Waals surface area contributed by atoms with Gasteiger partial charge in [0.05, 0.1) is 28.8 Å². The minimum atomic E-state index is -0.224. The first-order chi connectivity index (χ1) is 18.0. The molecule has 0 aliphatic carbocycles. The number of aromatic nitrogens is 2. The fourth-order valence-electron chi connectivity index (χ4n) is 5.88. The zero-order chi connectivity index (χ0) is 25.5. The third-order valence-electron chi connectivity index (χ3n) is 7.99. The number of benzene rings is 2. The van der Waals surface area contributed by atoms with E-state index in [2.05, 4.69) is 10.2 Å². The van der Waals surface area contributed by atoms with Crippen LogP contribution in [0.2, 0.25) is 0 Å². The Hall–Kier alpha value is -4.01. The fraction of sp³-hybridized carbons (Fsp3) is 0.393. The van der Waals surface area contributed by atoms with Gasteiger partial charge in [-0.25, -0.2) is 0 Å². The molecule has 2 aromatic carbocycles. The summed E-state index contributed by atoms with van der Waals surface area (Å²) in [5.41, 5.74) is 2.44. The summed E-state index contributed by atoms with van der Waals surface area (Å²) in [6.07, 6.45) is 4.77. The summed E-state index contributed by atoms with van der Waals surface area (Å²) in [5.74, 6) is -0.435. The molecular formula is C28H29N5O4. The highest BCUT2D eigenvalue weighted by Gasteiger charge is 2.38. The molecule has 37 heavy (non-hydrogen) atoms. The van der Waals surface area contributed by atoms with Gasteiger partial charge in [0.1, 0.15) is 0 Å². The normalized spacial score (nSPS) is 20.5. The second-order valence-corrected chi connectivity index (χ2v) is 10.3. The number of carbonyl (C=O) groups excluding carboxylic acids is 4. The number of fused-ring (bicyclic) bond motifs is 2. The Morgan fingerprint density at radius 2 is 1.65 bits per heavy atom. The van der Waals surface area contributed by atoms with Crippen molar-refractivity contribution in [2.24, 2.45) is 11.8 Å². The Balaban J connectivity index is 1.04. The van der Waals surface area contributed by atoms with Gasteiger partial charge in [-0.3, -0.25) is 29.2 Å². The highest BCUT2D eigenvalue weighted by molar-refractivity contribution is 6.21. The average Bonchev–Trinajstić information content (AvgIpc) is 3.51. The van der Waals surface area contributed by atoms with Crippen LogP contribution in [0.5, 0.6) is 0 Å². The molecular weight excluding hydrogens is 470 g/mol. The van der Waals surface area contributed by atoms with Crippen molar-refractivity contribution in [1.82, 2.24) is 24.9 Å². The number of imide groups is 1. The highest BCUT2D eigenvalue weighted by atomic mass is 16.2. The number of nitrogens with one attached hydrogen (secondary N) is 1. The first-order valence-corrected chi connectivity index (χ1v) is 13.0. The van der Waals surface area contributed by atoms with Crippen LogP contribution < -0.4 is 0 Å². The number of nitrogens with zero attached hydrogens (tertiary/aromatic N) is 4. The number of amides is 4. The van der Waals surface area contributed by atoms with Crippen molar-refractivity contribution in [2.75, 3.05) is 32.7 Å². The maximum atomic E-state index is 13.4. The quantitative estimate of drug-likeness (QED) is 0.556. The van der Waals surface area contributed by atoms with Gasteiger partial charge in [0.25, 0.3) is 17.7 Å². The number of rotatable bonds is 4. The minimum Gasteiger partial charge on any atom is -0.342 e. The Bertz CT molecular complexity index is 1350. The molecule has 1 N–H and O–H groups in total. The third-order valence-corrected chi connectivity index (χ3v) is 7.99. The van der Waals surface area contributed by atoms with Crippen LogP contribution in [0.4, 0.5) is 0 Å². The summed E-state index contributed by atoms with van der Waals surface area (Å²) in [6, 6.07) is 12.4. The lowest BCUT2D eigenvalue weighted by Crippen LogP contribution is -2.49. The van der Waals surface area contributed by atoms with E-state index in [1.165, 1.54) is 4.90 Å². The first-order valence-electron chi connectivity index (χ1n) is 13.0. The zero-order valence-corrected chi connectivity index (χ0v) is 20.6. The van der Waals surface area contributed by atoms with E-state index in [-0.39, 0.29) is 35.5 Å². The molecule has 4 heterocycles. The number of hydrogen-bond donors (Lipinski definition) is 1. The molecule has 0 spiro atoms. The first kappa shape index (κ1) is 23.4. The predicted octanol–water partition coefficient (Wildman–Crippen LogP) is 2.95. The molecule has 4 amide bonds. The lowest BCUT2D eigenvalue weighted by molar-refractivity contribution is -0.138. The summed E-state index contributed by atoms with van der Waals surface area (Å²) >= 11 is 0. The smallest absolute Gasteiger partial charge is 0.261 e. The molecule has 2 saturated heterocycles. The van der Waals surface area contributed by atoms with E-state index < -0.39 is 0 Å². The largest absolute Gasteiger partial charge is 0.342 e. The molecule has 3 aromatic rings. The Morgan fingerprint density at radius 3 is 2.38 bits per heavy atom. The van der Waals surface area contributed by atoms with E-state index in [9.17, 15) is 19.2 Å². The molecule has 1 atom stereocenters. The highest BCUT2D eigenvalue weighted by Crippen LogP contribution is 2.28. The molecule has 1 aromatic heterocycles. The van der Waals surface area contributed by atoms with Crippen LogP contribution in [-0.4, -0.2) is 81.2 Å². The van der Waals surface area contributed by atoms with E-state index in [0.29, 0.717) is 49.4 Å². The summed E-state index contributed by atoms with van der Waals surface area (Å²) in [6.45, 7) is 2.67. The van der Waals surface area contributed by atoms with Gasteiger partial charge in [-0.2, -0.15) is 5.10 Å². The maximum absolute atomic E-state index is 13.4. The van der Waals surface area contributed by atoms with Crippen molar-refractivity contribution < 1.29 is 19.2 Å². The van der Waals surface area contributed by atoms with Gasteiger partial charge in [-0.1, -0.05) is 12.1 Å². The number of H-pyrrole nitrogens is 1. The number of piperidine rings is 2. The van der Waals surface area contributed by atoms with Crippen molar-refractivity contribution in [3.63, 3.8) is 0 Å². The summed E-state index contributed by atoms with van der Waals surface area (Å²) in [5, 5.41) is 7.80. The summed E-state index contributed by atoms with van der Waals surface area (Å²) in [4.78, 5) is 57.0. The van der Waals surface area contributed by atoms with Crippen LogP contribution >= 0.6 is 0 Å². The summed E-state index contributed by atoms with van der Waals surface area (Å²) in [7, 11) is 0. The van der Waals surface area contributed by atoms with Crippen LogP contribution in [0.15, 0.2) is 48.7 Å². The van der Waals surface area contributed by atoms with Crippen molar-refractivity contribution in [3.05, 3.63) is 65.4 Å². The predicted molar refractivity (Wildman–Crippen MR) is 136 cm³/mol. The molecule has 0 bridgehead atoms. The van der Waals surface area contributed by atoms with Crippen LogP contribution in [0.3, 0.4) is 0 Å². The number of aromatic amines is 1. The lowest BCUT2D eigenvalue weighted by Gasteiger charge is -2.38. The van der Waals surface area contributed by atoms with E-state index in [1.54, 1.807) is 41.4 Å². The zero-order valence-electron chi connectivity index (χ0n) is 20.6. The van der Waals surface area contributed by atoms with Gasteiger partial charge >= 0.3 is 0 Å². The molecule has 6 rings (SSSR count). The SMILES string of the molecule is O=C(c1ccc2[nH]ncc2c1)N1CCCC(C(=O)N2CCC(CN3C(=O)c4ccccc4C3=O)CC2)C1. The van der Waals surface area contributed by atoms with Crippen molar-refractivity contribution in [1.29, 1.82) is 0 Å². The van der Waals surface area contributed by atoms with Crippen LogP contribution in [0.25, 0.3) is 10.9 Å². The monoisotopic (exact) mass is 499 g/mol. The standard InChI is InChI=1S/C28H29N5O4/c34-25(19-7-8-24-21(14-19)15-29-30-24)32-11-3-4-20(17-32)26(35)31-12-9-18(10-13-31)16-33-27(36)22-5-1-2-6-23(22)28(33)37/h1-2,5-8,14-15,18,20H,3-4,9-13,16-17H2,(H,29,30). The maximum Gasteiger partial charge on any atom is 0.261 e. The van der Waals surface area contributed by atoms with E-state index in [1.807, 2.05) is 17.0 Å². The molecule has 3 aliphatic rings. The summed E-state index contributed by atoms with van der Waals surface area (Å²) < 4.78 is 0. The molecule has 9 nitrogen and oxygen atoms in total. The van der Waals surface area contributed by atoms with Gasteiger partial charge in [-0.05, 0) is 61.9 Å². The fourth-order valence-corrected chi connectivity index (χ4v) is 5.88. The topological polar surface area (TPSA) is 107 Å². The molecule has 3 aliphatic heterocycles. The molecule has 2 fully saturated rings. The van der Waals surface area contributed by atoms with Crippen LogP contribution in [0.1, 0.15) is 56.8 Å². The van der Waals surface area contributed by atoms with Crippen LogP contribution in [0, 0.1) is 11.8 Å². The molecule has 1 unspecified atom stereocenters. The van der Waals surface area contributed by atoms with Crippen molar-refractivity contribution in [2.45, 2.75) is 25.7 Å². The Labute approximate surface area is 214 Å². The van der Waals surface area contributed by atoms with Crippen molar-refractivity contribution >= 4 is 34.5 Å². The molecule has 0 saturated carbocycles. The second-order valence-electron chi connectivity index (χ2n) is 10.3. The van der Waals surface area contributed by atoms with Gasteiger partial charge in [0.15, 0.2) is 0 Å². The van der Waals surface area contributed by atoms with E-state index in [0.717, 1.165) is 36.6 Å². The average molecular weight is 500 g/mol. The lowest BCUT2D eigenvalue weighted by atomic mass is 9.92. The minimum absolute atomic E-state index is 0.0553. The van der Waals surface area contributed by atoms with Gasteiger partial charge < -0.3 is 9.80 Å². The van der Waals surface area contributed by atoms with Gasteiger partial charge in [0.2, 0.25) is 5.91 Å². The van der Waals surface area contributed by atoms with Gasteiger partial charge in [0, 0.05) is 43.7 Å². The second kappa shape index (κ2) is 9.46. The van der Waals surface area contributed by atoms with E-state index >= 15 is 0 Å². The molecule has 9 heteroatoms. The van der Waals surface area contributed by atoms with Gasteiger partial charge in [-0.15, -0.1) is 0 Å². The number of hydrogen-bond acceptors (Lipinski definition) is 5. The van der Waals surface area contributed by atoms with Crippen molar-refractivity contribution in [3.8, 4) is 0 Å². The third kappa shape index (κ3) is 4.28. The molecule has 190 valence electrons.